The number of phenolic OH excluding ortho intramolecular Hbond substituents is 1. The van der Waals surface area contributed by atoms with Crippen LogP contribution in [0.15, 0.2) is 24.3 Å². The summed E-state index contributed by atoms with van der Waals surface area (Å²) in [6, 6.07) is 5.94. The largest absolute Gasteiger partial charge is 0.508 e. The lowest BCUT2D eigenvalue weighted by Crippen LogP contribution is -2.35. The van der Waals surface area contributed by atoms with Crippen molar-refractivity contribution in [1.82, 2.24) is 0 Å². The lowest BCUT2D eigenvalue weighted by molar-refractivity contribution is -0.148. The highest BCUT2D eigenvalue weighted by Crippen LogP contribution is 2.11. The second-order valence-electron chi connectivity index (χ2n) is 3.96. The minimum absolute atomic E-state index is 0.154. The van der Waals surface area contributed by atoms with Crippen molar-refractivity contribution in [2.45, 2.75) is 32.4 Å². The van der Waals surface area contributed by atoms with Crippen molar-refractivity contribution in [2.75, 3.05) is 0 Å². The second-order valence-corrected chi connectivity index (χ2v) is 3.96. The predicted molar refractivity (Wildman–Crippen MR) is 61.0 cm³/mol. The van der Waals surface area contributed by atoms with Crippen LogP contribution >= 0.6 is 0 Å². The van der Waals surface area contributed by atoms with Crippen molar-refractivity contribution in [3.8, 4) is 5.75 Å². The molecule has 0 spiro atoms. The Balaban J connectivity index is 2.53. The van der Waals surface area contributed by atoms with E-state index in [0.29, 0.717) is 6.42 Å². The summed E-state index contributed by atoms with van der Waals surface area (Å²) >= 11 is 0. The first-order valence-electron chi connectivity index (χ1n) is 5.23. The Morgan fingerprint density at radius 1 is 1.38 bits per heavy atom. The van der Waals surface area contributed by atoms with Crippen molar-refractivity contribution < 1.29 is 14.6 Å². The lowest BCUT2D eigenvalue weighted by atomic mass is 10.1. The highest BCUT2D eigenvalue weighted by atomic mass is 16.5. The molecule has 0 saturated heterocycles. The van der Waals surface area contributed by atoms with Crippen LogP contribution < -0.4 is 5.73 Å². The Morgan fingerprint density at radius 2 is 1.94 bits per heavy atom. The van der Waals surface area contributed by atoms with Crippen LogP contribution in [0.4, 0.5) is 0 Å². The highest BCUT2D eigenvalue weighted by Gasteiger charge is 2.16. The molecule has 1 rings (SSSR count). The molecule has 16 heavy (non-hydrogen) atoms. The van der Waals surface area contributed by atoms with E-state index < -0.39 is 12.0 Å². The summed E-state index contributed by atoms with van der Waals surface area (Å²) in [5, 5.41) is 9.10. The highest BCUT2D eigenvalue weighted by molar-refractivity contribution is 5.76. The number of hydrogen-bond donors (Lipinski definition) is 2. The topological polar surface area (TPSA) is 72.5 Å². The van der Waals surface area contributed by atoms with Gasteiger partial charge in [-0.2, -0.15) is 0 Å². The van der Waals surface area contributed by atoms with Gasteiger partial charge in [0.25, 0.3) is 0 Å². The molecule has 0 aliphatic carbocycles. The zero-order valence-corrected chi connectivity index (χ0v) is 9.51. The van der Waals surface area contributed by atoms with Gasteiger partial charge in [0.2, 0.25) is 0 Å². The predicted octanol–water partition coefficient (Wildman–Crippen LogP) is 1.21. The molecule has 1 aromatic carbocycles. The molecule has 0 amide bonds. The van der Waals surface area contributed by atoms with Crippen LogP contribution in [0.1, 0.15) is 19.4 Å². The van der Waals surface area contributed by atoms with Gasteiger partial charge in [-0.15, -0.1) is 0 Å². The molecule has 3 N–H and O–H groups in total. The summed E-state index contributed by atoms with van der Waals surface area (Å²) in [6.07, 6.45) is 0.254. The third-order valence-electron chi connectivity index (χ3n) is 2.05. The molecule has 4 heteroatoms. The first-order chi connectivity index (χ1) is 7.49. The molecule has 0 radical (unpaired) electrons. The zero-order chi connectivity index (χ0) is 12.1. The average Bonchev–Trinajstić information content (AvgIpc) is 2.20. The normalized spacial score (nSPS) is 12.5. The van der Waals surface area contributed by atoms with Gasteiger partial charge in [0.15, 0.2) is 0 Å². The van der Waals surface area contributed by atoms with Gasteiger partial charge in [0.05, 0.1) is 6.10 Å². The number of esters is 1. The fourth-order valence-corrected chi connectivity index (χ4v) is 1.29. The first-order valence-corrected chi connectivity index (χ1v) is 5.23. The summed E-state index contributed by atoms with van der Waals surface area (Å²) < 4.78 is 4.99. The van der Waals surface area contributed by atoms with E-state index in [9.17, 15) is 4.79 Å². The maximum absolute atomic E-state index is 11.4. The van der Waals surface area contributed by atoms with Gasteiger partial charge >= 0.3 is 5.97 Å². The van der Waals surface area contributed by atoms with Crippen LogP contribution in [0.3, 0.4) is 0 Å². The summed E-state index contributed by atoms with van der Waals surface area (Å²) in [6.45, 7) is 3.57. The smallest absolute Gasteiger partial charge is 0.323 e. The number of rotatable bonds is 4. The van der Waals surface area contributed by atoms with Gasteiger partial charge in [-0.1, -0.05) is 12.1 Å². The standard InChI is InChI=1S/C12H17NO3/c1-8(2)16-12(15)11(13)7-9-3-5-10(14)6-4-9/h3-6,8,11,14H,7,13H2,1-2H3. The number of aromatic hydroxyl groups is 1. The monoisotopic (exact) mass is 223 g/mol. The van der Waals surface area contributed by atoms with E-state index in [1.165, 1.54) is 0 Å². The number of carbonyl (C=O) groups is 1. The zero-order valence-electron chi connectivity index (χ0n) is 9.51. The Labute approximate surface area is 95.0 Å². The van der Waals surface area contributed by atoms with Crippen molar-refractivity contribution in [1.29, 1.82) is 0 Å². The van der Waals surface area contributed by atoms with Gasteiger partial charge < -0.3 is 15.6 Å². The Kier molecular flexibility index (Phi) is 4.31. The minimum atomic E-state index is -0.660. The Morgan fingerprint density at radius 3 is 2.44 bits per heavy atom. The number of phenols is 1. The fourth-order valence-electron chi connectivity index (χ4n) is 1.29. The molecular formula is C12H17NO3. The van der Waals surface area contributed by atoms with Crippen LogP contribution in [0.5, 0.6) is 5.75 Å². The number of hydrogen-bond acceptors (Lipinski definition) is 4. The summed E-state index contributed by atoms with van der Waals surface area (Å²) in [5.41, 5.74) is 6.59. The first kappa shape index (κ1) is 12.5. The molecule has 1 unspecified atom stereocenters. The second kappa shape index (κ2) is 5.51. The maximum atomic E-state index is 11.4. The van der Waals surface area contributed by atoms with Gasteiger partial charge in [-0.3, -0.25) is 4.79 Å². The molecule has 0 fully saturated rings. The minimum Gasteiger partial charge on any atom is -0.508 e. The van der Waals surface area contributed by atoms with Gasteiger partial charge in [-0.25, -0.2) is 0 Å². The summed E-state index contributed by atoms with van der Waals surface area (Å²) in [4.78, 5) is 11.4. The lowest BCUT2D eigenvalue weighted by Gasteiger charge is -2.13. The SMILES string of the molecule is CC(C)OC(=O)C(N)Cc1ccc(O)cc1. The van der Waals surface area contributed by atoms with Crippen molar-refractivity contribution in [2.24, 2.45) is 5.73 Å². The molecule has 0 aromatic heterocycles. The van der Waals surface area contributed by atoms with Crippen molar-refractivity contribution >= 4 is 5.97 Å². The van der Waals surface area contributed by atoms with E-state index in [1.54, 1.807) is 38.1 Å². The number of ether oxygens (including phenoxy) is 1. The van der Waals surface area contributed by atoms with Crippen LogP contribution in [0, 0.1) is 0 Å². The third-order valence-corrected chi connectivity index (χ3v) is 2.05. The molecule has 1 aromatic rings. The molecule has 0 bridgehead atoms. The molecular weight excluding hydrogens is 206 g/mol. The van der Waals surface area contributed by atoms with E-state index in [1.807, 2.05) is 0 Å². The molecule has 0 aliphatic heterocycles. The summed E-state index contributed by atoms with van der Waals surface area (Å²) in [5.74, 6) is -0.204. The van der Waals surface area contributed by atoms with E-state index in [4.69, 9.17) is 15.6 Å². The quantitative estimate of drug-likeness (QED) is 0.753. The number of carbonyl (C=O) groups excluding carboxylic acids is 1. The molecule has 0 heterocycles. The maximum Gasteiger partial charge on any atom is 0.323 e. The van der Waals surface area contributed by atoms with E-state index >= 15 is 0 Å². The summed E-state index contributed by atoms with van der Waals surface area (Å²) in [7, 11) is 0. The third kappa shape index (κ3) is 3.90. The van der Waals surface area contributed by atoms with E-state index in [-0.39, 0.29) is 11.9 Å². The molecule has 88 valence electrons. The van der Waals surface area contributed by atoms with Crippen LogP contribution in [0.2, 0.25) is 0 Å². The van der Waals surface area contributed by atoms with Crippen LogP contribution in [-0.2, 0) is 16.0 Å². The fraction of sp³-hybridized carbons (Fsp3) is 0.417. The molecule has 4 nitrogen and oxygen atoms in total. The van der Waals surface area contributed by atoms with Gasteiger partial charge in [-0.05, 0) is 38.0 Å². The average molecular weight is 223 g/mol. The van der Waals surface area contributed by atoms with Crippen molar-refractivity contribution in [3.05, 3.63) is 29.8 Å². The Bertz CT molecular complexity index is 346. The van der Waals surface area contributed by atoms with E-state index in [2.05, 4.69) is 0 Å². The molecule has 0 saturated carbocycles. The van der Waals surface area contributed by atoms with E-state index in [0.717, 1.165) is 5.56 Å². The van der Waals surface area contributed by atoms with Gasteiger partial charge in [0.1, 0.15) is 11.8 Å². The van der Waals surface area contributed by atoms with Crippen molar-refractivity contribution in [3.63, 3.8) is 0 Å². The molecule has 1 atom stereocenters. The number of benzene rings is 1. The van der Waals surface area contributed by atoms with Crippen LogP contribution in [-0.4, -0.2) is 23.2 Å². The Hall–Kier alpha value is -1.55. The van der Waals surface area contributed by atoms with Crippen LogP contribution in [0.25, 0.3) is 0 Å². The van der Waals surface area contributed by atoms with Gasteiger partial charge in [0, 0.05) is 0 Å². The number of nitrogens with two attached hydrogens (primary N) is 1. The molecule has 0 aliphatic rings.